The van der Waals surface area contributed by atoms with E-state index in [1.807, 2.05) is 6.07 Å². The molecule has 0 aliphatic rings. The highest BCUT2D eigenvalue weighted by Crippen LogP contribution is 2.26. The van der Waals surface area contributed by atoms with Gasteiger partial charge in [-0.1, -0.05) is 0 Å². The molecule has 4 heteroatoms. The number of rotatable bonds is 2. The molecule has 0 amide bonds. The topological polar surface area (TPSA) is 63.2 Å². The second kappa shape index (κ2) is 4.76. The highest BCUT2D eigenvalue weighted by molar-refractivity contribution is 5.91. The summed E-state index contributed by atoms with van der Waals surface area (Å²) in [6.07, 6.45) is 0. The van der Waals surface area contributed by atoms with Crippen molar-refractivity contribution in [3.05, 3.63) is 47.2 Å². The Morgan fingerprint density at radius 1 is 1.33 bits per heavy atom. The second-order valence-electron chi connectivity index (χ2n) is 3.76. The van der Waals surface area contributed by atoms with Gasteiger partial charge in [0, 0.05) is 5.56 Å². The summed E-state index contributed by atoms with van der Waals surface area (Å²) < 4.78 is 10.2. The van der Waals surface area contributed by atoms with Gasteiger partial charge in [0.1, 0.15) is 17.1 Å². The molecular weight excluding hydrogens is 230 g/mol. The average molecular weight is 241 g/mol. The molecule has 2 aromatic rings. The van der Waals surface area contributed by atoms with E-state index in [9.17, 15) is 4.79 Å². The van der Waals surface area contributed by atoms with Crippen LogP contribution in [0.4, 0.5) is 0 Å². The van der Waals surface area contributed by atoms with Crippen molar-refractivity contribution >= 4 is 5.97 Å². The third-order valence-electron chi connectivity index (χ3n) is 2.62. The van der Waals surface area contributed by atoms with Gasteiger partial charge in [0.05, 0.1) is 18.7 Å². The van der Waals surface area contributed by atoms with Gasteiger partial charge in [-0.25, -0.2) is 4.79 Å². The van der Waals surface area contributed by atoms with Crippen LogP contribution >= 0.6 is 0 Å². The first-order chi connectivity index (χ1) is 8.65. The second-order valence-corrected chi connectivity index (χ2v) is 3.76. The van der Waals surface area contributed by atoms with Gasteiger partial charge in [-0.15, -0.1) is 0 Å². The van der Waals surface area contributed by atoms with Crippen molar-refractivity contribution in [1.82, 2.24) is 0 Å². The molecule has 1 aromatic heterocycles. The fraction of sp³-hybridized carbons (Fsp3) is 0.143. The Balaban J connectivity index is 2.39. The molecule has 0 saturated heterocycles. The van der Waals surface area contributed by atoms with Crippen LogP contribution < -0.4 is 0 Å². The fourth-order valence-corrected chi connectivity index (χ4v) is 1.65. The number of aryl methyl sites for hydroxylation is 1. The van der Waals surface area contributed by atoms with Crippen LogP contribution in [0.3, 0.4) is 0 Å². The number of ether oxygens (including phenoxy) is 1. The summed E-state index contributed by atoms with van der Waals surface area (Å²) in [6.45, 7) is 1.71. The summed E-state index contributed by atoms with van der Waals surface area (Å²) in [4.78, 5) is 11.5. The molecule has 0 aliphatic carbocycles. The zero-order valence-corrected chi connectivity index (χ0v) is 10.1. The molecule has 0 N–H and O–H groups in total. The number of carbonyl (C=O) groups is 1. The van der Waals surface area contributed by atoms with Gasteiger partial charge in [-0.3, -0.25) is 0 Å². The van der Waals surface area contributed by atoms with Crippen molar-refractivity contribution in [2.45, 2.75) is 6.92 Å². The average Bonchev–Trinajstić information content (AvgIpc) is 2.80. The molecule has 0 unspecified atom stereocenters. The molecule has 0 radical (unpaired) electrons. The molecule has 1 aromatic carbocycles. The van der Waals surface area contributed by atoms with Gasteiger partial charge in [0.25, 0.3) is 0 Å². The molecule has 0 atom stereocenters. The van der Waals surface area contributed by atoms with Gasteiger partial charge < -0.3 is 9.15 Å². The third-order valence-corrected chi connectivity index (χ3v) is 2.62. The van der Waals surface area contributed by atoms with Crippen LogP contribution in [0.1, 0.15) is 21.7 Å². The zero-order chi connectivity index (χ0) is 13.1. The molecule has 0 aliphatic heterocycles. The number of furan rings is 1. The zero-order valence-electron chi connectivity index (χ0n) is 10.1. The SMILES string of the molecule is COC(=O)c1cc(-c2ccc(C#N)cc2)oc1C. The van der Waals surface area contributed by atoms with Crippen LogP contribution in [0.5, 0.6) is 0 Å². The minimum absolute atomic E-state index is 0.414. The van der Waals surface area contributed by atoms with E-state index < -0.39 is 5.97 Å². The predicted molar refractivity (Wildman–Crippen MR) is 64.9 cm³/mol. The maximum atomic E-state index is 11.5. The summed E-state index contributed by atoms with van der Waals surface area (Å²) in [5.41, 5.74) is 1.80. The van der Waals surface area contributed by atoms with E-state index in [-0.39, 0.29) is 0 Å². The number of benzene rings is 1. The molecule has 2 rings (SSSR count). The highest BCUT2D eigenvalue weighted by atomic mass is 16.5. The van der Waals surface area contributed by atoms with E-state index in [1.165, 1.54) is 7.11 Å². The first-order valence-electron chi connectivity index (χ1n) is 5.35. The minimum atomic E-state index is -0.420. The first kappa shape index (κ1) is 11.9. The van der Waals surface area contributed by atoms with Crippen molar-refractivity contribution in [1.29, 1.82) is 5.26 Å². The Bertz CT molecular complexity index is 617. The van der Waals surface area contributed by atoms with Gasteiger partial charge in [-0.2, -0.15) is 5.26 Å². The number of nitrogens with zero attached hydrogens (tertiary/aromatic N) is 1. The van der Waals surface area contributed by atoms with Crippen molar-refractivity contribution < 1.29 is 13.9 Å². The van der Waals surface area contributed by atoms with Crippen LogP contribution in [0.15, 0.2) is 34.7 Å². The lowest BCUT2D eigenvalue weighted by atomic mass is 10.1. The molecule has 0 spiro atoms. The van der Waals surface area contributed by atoms with Crippen molar-refractivity contribution in [3.8, 4) is 17.4 Å². The van der Waals surface area contributed by atoms with Crippen LogP contribution in [0.2, 0.25) is 0 Å². The van der Waals surface area contributed by atoms with E-state index in [2.05, 4.69) is 4.74 Å². The molecule has 1 heterocycles. The summed E-state index contributed by atoms with van der Waals surface area (Å²) in [6, 6.07) is 10.6. The Hall–Kier alpha value is -2.54. The van der Waals surface area contributed by atoms with Crippen LogP contribution in [0, 0.1) is 18.3 Å². The molecule has 18 heavy (non-hydrogen) atoms. The number of methoxy groups -OCH3 is 1. The predicted octanol–water partition coefficient (Wildman–Crippen LogP) is 2.91. The number of hydrogen-bond acceptors (Lipinski definition) is 4. The molecule has 90 valence electrons. The molecule has 0 bridgehead atoms. The van der Waals surface area contributed by atoms with Gasteiger partial charge in [0.15, 0.2) is 0 Å². The van der Waals surface area contributed by atoms with E-state index in [0.29, 0.717) is 22.6 Å². The Labute approximate surface area is 104 Å². The monoisotopic (exact) mass is 241 g/mol. The molecule has 4 nitrogen and oxygen atoms in total. The van der Waals surface area contributed by atoms with E-state index in [4.69, 9.17) is 9.68 Å². The van der Waals surface area contributed by atoms with Gasteiger partial charge in [0.2, 0.25) is 0 Å². The molecule has 0 saturated carbocycles. The van der Waals surface area contributed by atoms with Crippen molar-refractivity contribution in [2.75, 3.05) is 7.11 Å². The third kappa shape index (κ3) is 2.11. The van der Waals surface area contributed by atoms with E-state index in [0.717, 1.165) is 5.56 Å². The van der Waals surface area contributed by atoms with E-state index >= 15 is 0 Å². The number of hydrogen-bond donors (Lipinski definition) is 0. The molecule has 0 fully saturated rings. The number of esters is 1. The summed E-state index contributed by atoms with van der Waals surface area (Å²) in [5.74, 6) is 0.676. The van der Waals surface area contributed by atoms with Gasteiger partial charge in [-0.05, 0) is 37.3 Å². The van der Waals surface area contributed by atoms with Crippen LogP contribution in [0.25, 0.3) is 11.3 Å². The first-order valence-corrected chi connectivity index (χ1v) is 5.35. The van der Waals surface area contributed by atoms with Crippen LogP contribution in [-0.2, 0) is 4.74 Å². The maximum absolute atomic E-state index is 11.5. The minimum Gasteiger partial charge on any atom is -0.465 e. The standard InChI is InChI=1S/C14H11NO3/c1-9-12(14(16)17-2)7-13(18-9)11-5-3-10(8-15)4-6-11/h3-7H,1-2H3. The normalized spacial score (nSPS) is 9.83. The summed E-state index contributed by atoms with van der Waals surface area (Å²) in [5, 5.41) is 8.72. The highest BCUT2D eigenvalue weighted by Gasteiger charge is 2.16. The summed E-state index contributed by atoms with van der Waals surface area (Å²) in [7, 11) is 1.33. The van der Waals surface area contributed by atoms with Crippen LogP contribution in [-0.4, -0.2) is 13.1 Å². The largest absolute Gasteiger partial charge is 0.465 e. The lowest BCUT2D eigenvalue weighted by molar-refractivity contribution is 0.0599. The molecular formula is C14H11NO3. The lowest BCUT2D eigenvalue weighted by Crippen LogP contribution is -2.00. The summed E-state index contributed by atoms with van der Waals surface area (Å²) >= 11 is 0. The Morgan fingerprint density at radius 3 is 2.56 bits per heavy atom. The number of nitriles is 1. The maximum Gasteiger partial charge on any atom is 0.341 e. The number of carbonyl (C=O) groups excluding carboxylic acids is 1. The van der Waals surface area contributed by atoms with E-state index in [1.54, 1.807) is 37.3 Å². The van der Waals surface area contributed by atoms with Crippen molar-refractivity contribution in [2.24, 2.45) is 0 Å². The Morgan fingerprint density at radius 2 is 2.00 bits per heavy atom. The lowest BCUT2D eigenvalue weighted by Gasteiger charge is -1.95. The fourth-order valence-electron chi connectivity index (χ4n) is 1.65. The smallest absolute Gasteiger partial charge is 0.341 e. The van der Waals surface area contributed by atoms with Crippen molar-refractivity contribution in [3.63, 3.8) is 0 Å². The van der Waals surface area contributed by atoms with Gasteiger partial charge >= 0.3 is 5.97 Å². The Kier molecular flexibility index (Phi) is 3.16. The quantitative estimate of drug-likeness (QED) is 0.758.